The second kappa shape index (κ2) is 5.74. The van der Waals surface area contributed by atoms with Crippen molar-refractivity contribution >= 4 is 11.9 Å². The lowest BCUT2D eigenvalue weighted by Gasteiger charge is -2.35. The van der Waals surface area contributed by atoms with Crippen molar-refractivity contribution in [2.24, 2.45) is 10.8 Å². The number of hydrogen-bond acceptors (Lipinski definition) is 5. The smallest absolute Gasteiger partial charge is 0.313 e. The lowest BCUT2D eigenvalue weighted by Crippen LogP contribution is -2.53. The molecule has 2 aliphatic heterocycles. The van der Waals surface area contributed by atoms with Crippen LogP contribution in [0.3, 0.4) is 0 Å². The van der Waals surface area contributed by atoms with Crippen LogP contribution in [0.15, 0.2) is 0 Å². The molecule has 1 saturated carbocycles. The highest BCUT2D eigenvalue weighted by Crippen LogP contribution is 2.65. The number of ether oxygens (including phenoxy) is 2. The Balaban J connectivity index is 1.53. The topological polar surface area (TPSA) is 67.9 Å². The average Bonchev–Trinajstić information content (AvgIpc) is 2.83. The van der Waals surface area contributed by atoms with E-state index < -0.39 is 16.4 Å². The molecule has 130 valence electrons. The molecule has 6 heteroatoms. The van der Waals surface area contributed by atoms with E-state index in [0.717, 1.165) is 45.7 Å². The van der Waals surface area contributed by atoms with Gasteiger partial charge in [-0.2, -0.15) is 0 Å². The molecule has 23 heavy (non-hydrogen) atoms. The second-order valence-electron chi connectivity index (χ2n) is 7.74. The summed E-state index contributed by atoms with van der Waals surface area (Å²) in [6, 6.07) is 0. The molecule has 3 rings (SSSR count). The lowest BCUT2D eigenvalue weighted by molar-refractivity contribution is -0.168. The third kappa shape index (κ3) is 2.38. The Morgan fingerprint density at radius 1 is 1.22 bits per heavy atom. The van der Waals surface area contributed by atoms with E-state index in [1.54, 1.807) is 0 Å². The molecule has 0 unspecified atom stereocenters. The zero-order valence-electron chi connectivity index (χ0n) is 14.4. The van der Waals surface area contributed by atoms with Crippen LogP contribution in [0, 0.1) is 10.8 Å². The van der Waals surface area contributed by atoms with Crippen molar-refractivity contribution in [3.63, 3.8) is 0 Å². The van der Waals surface area contributed by atoms with E-state index in [1.807, 2.05) is 20.8 Å². The molecule has 0 aromatic heterocycles. The van der Waals surface area contributed by atoms with Crippen LogP contribution in [0.25, 0.3) is 0 Å². The van der Waals surface area contributed by atoms with Crippen molar-refractivity contribution in [3.05, 3.63) is 0 Å². The summed E-state index contributed by atoms with van der Waals surface area (Å²) < 4.78 is 10.9. The number of nitrogens with zero attached hydrogens (tertiary/aromatic N) is 1. The summed E-state index contributed by atoms with van der Waals surface area (Å²) in [6.07, 6.45) is 2.24. The molecule has 1 amide bonds. The van der Waals surface area contributed by atoms with Gasteiger partial charge in [-0.15, -0.1) is 0 Å². The molecular weight excluding hydrogens is 296 g/mol. The number of carbonyl (C=O) groups is 2. The highest BCUT2D eigenvalue weighted by Gasteiger charge is 2.75. The molecule has 0 aromatic rings. The number of esters is 1. The molecule has 2 heterocycles. The predicted octanol–water partition coefficient (Wildman–Crippen LogP) is 0.947. The fraction of sp³-hybridized carbons (Fsp3) is 0.882. The van der Waals surface area contributed by atoms with Crippen LogP contribution >= 0.6 is 0 Å². The Hall–Kier alpha value is -1.14. The number of amides is 1. The molecule has 3 fully saturated rings. The molecule has 1 N–H and O–H groups in total. The Labute approximate surface area is 137 Å². The quantitative estimate of drug-likeness (QED) is 0.602. The molecule has 3 aliphatic rings. The highest BCUT2D eigenvalue weighted by molar-refractivity contribution is 5.96. The van der Waals surface area contributed by atoms with Crippen molar-refractivity contribution in [1.82, 2.24) is 10.2 Å². The van der Waals surface area contributed by atoms with Crippen LogP contribution in [0.1, 0.15) is 40.0 Å². The molecule has 2 atom stereocenters. The minimum absolute atomic E-state index is 0.126. The van der Waals surface area contributed by atoms with Crippen molar-refractivity contribution in [2.75, 3.05) is 39.4 Å². The summed E-state index contributed by atoms with van der Waals surface area (Å²) >= 11 is 0. The lowest BCUT2D eigenvalue weighted by atomic mass is 9.66. The maximum atomic E-state index is 12.8. The number of rotatable bonds is 5. The van der Waals surface area contributed by atoms with Gasteiger partial charge in [0.05, 0.1) is 18.6 Å². The van der Waals surface area contributed by atoms with E-state index in [2.05, 4.69) is 10.2 Å². The van der Waals surface area contributed by atoms with Gasteiger partial charge in [0.1, 0.15) is 0 Å². The zero-order valence-corrected chi connectivity index (χ0v) is 14.4. The third-order valence-electron chi connectivity index (χ3n) is 6.49. The molecule has 0 spiro atoms. The normalized spacial score (nSPS) is 36.0. The van der Waals surface area contributed by atoms with E-state index in [4.69, 9.17) is 9.47 Å². The molecule has 2 saturated heterocycles. The van der Waals surface area contributed by atoms with E-state index >= 15 is 0 Å². The largest absolute Gasteiger partial charge is 0.448 e. The summed E-state index contributed by atoms with van der Waals surface area (Å²) in [5, 5.41) is 3.00. The predicted molar refractivity (Wildman–Crippen MR) is 84.8 cm³/mol. The van der Waals surface area contributed by atoms with Crippen molar-refractivity contribution < 1.29 is 19.1 Å². The average molecular weight is 324 g/mol. The van der Waals surface area contributed by atoms with Crippen LogP contribution in [-0.2, 0) is 19.1 Å². The third-order valence-corrected chi connectivity index (χ3v) is 6.49. The molecule has 0 aromatic carbocycles. The summed E-state index contributed by atoms with van der Waals surface area (Å²) in [7, 11) is 0. The van der Waals surface area contributed by atoms with Gasteiger partial charge in [-0.3, -0.25) is 14.5 Å². The first-order valence-corrected chi connectivity index (χ1v) is 8.65. The summed E-state index contributed by atoms with van der Waals surface area (Å²) in [4.78, 5) is 27.3. The SMILES string of the molecule is CC1(C)[C@@]2(C)CC[C@@]1(C(=O)NCCCN1CCOCC1)OC2=O. The van der Waals surface area contributed by atoms with Crippen LogP contribution in [0.4, 0.5) is 0 Å². The van der Waals surface area contributed by atoms with E-state index in [9.17, 15) is 9.59 Å². The summed E-state index contributed by atoms with van der Waals surface area (Å²) in [5.41, 5.74) is -2.00. The van der Waals surface area contributed by atoms with Crippen molar-refractivity contribution in [2.45, 2.75) is 45.6 Å². The first-order chi connectivity index (χ1) is 10.8. The number of morpholine rings is 1. The van der Waals surface area contributed by atoms with Gasteiger partial charge in [0.2, 0.25) is 0 Å². The zero-order chi connectivity index (χ0) is 16.7. The van der Waals surface area contributed by atoms with E-state index in [0.29, 0.717) is 13.0 Å². The molecular formula is C17H28N2O4. The molecule has 0 radical (unpaired) electrons. The molecule has 1 aliphatic carbocycles. The number of hydrogen-bond donors (Lipinski definition) is 1. The van der Waals surface area contributed by atoms with Gasteiger partial charge in [-0.25, -0.2) is 0 Å². The van der Waals surface area contributed by atoms with Crippen LogP contribution in [0.2, 0.25) is 0 Å². The maximum absolute atomic E-state index is 12.8. The van der Waals surface area contributed by atoms with Gasteiger partial charge in [0.15, 0.2) is 5.60 Å². The first-order valence-electron chi connectivity index (χ1n) is 8.65. The Kier molecular flexibility index (Phi) is 4.17. The van der Waals surface area contributed by atoms with Crippen LogP contribution in [0.5, 0.6) is 0 Å². The number of carbonyl (C=O) groups excluding carboxylic acids is 2. The van der Waals surface area contributed by atoms with E-state index in [-0.39, 0.29) is 11.9 Å². The highest BCUT2D eigenvalue weighted by atomic mass is 16.6. The van der Waals surface area contributed by atoms with Gasteiger partial charge in [-0.05, 0) is 32.7 Å². The van der Waals surface area contributed by atoms with Gasteiger partial charge in [-0.1, -0.05) is 13.8 Å². The van der Waals surface area contributed by atoms with Crippen molar-refractivity contribution in [3.8, 4) is 0 Å². The van der Waals surface area contributed by atoms with Gasteiger partial charge >= 0.3 is 5.97 Å². The summed E-state index contributed by atoms with van der Waals surface area (Å²) in [6.45, 7) is 11.0. The molecule has 2 bridgehead atoms. The Morgan fingerprint density at radius 2 is 1.91 bits per heavy atom. The van der Waals surface area contributed by atoms with Gasteiger partial charge < -0.3 is 14.8 Å². The summed E-state index contributed by atoms with van der Waals surface area (Å²) in [5.74, 6) is -0.351. The fourth-order valence-electron chi connectivity index (χ4n) is 4.22. The van der Waals surface area contributed by atoms with Crippen LogP contribution in [-0.4, -0.2) is 61.8 Å². The van der Waals surface area contributed by atoms with Gasteiger partial charge in [0, 0.05) is 25.0 Å². The Bertz CT molecular complexity index is 501. The Morgan fingerprint density at radius 3 is 2.48 bits per heavy atom. The first kappa shape index (κ1) is 16.7. The van der Waals surface area contributed by atoms with Gasteiger partial charge in [0.25, 0.3) is 5.91 Å². The van der Waals surface area contributed by atoms with E-state index in [1.165, 1.54) is 0 Å². The minimum Gasteiger partial charge on any atom is -0.448 e. The monoisotopic (exact) mass is 324 g/mol. The molecule has 6 nitrogen and oxygen atoms in total. The fourth-order valence-corrected chi connectivity index (χ4v) is 4.22. The van der Waals surface area contributed by atoms with Crippen molar-refractivity contribution in [1.29, 1.82) is 0 Å². The number of fused-ring (bicyclic) bond motifs is 2. The number of nitrogens with one attached hydrogen (secondary N) is 1. The minimum atomic E-state index is -0.988. The maximum Gasteiger partial charge on any atom is 0.313 e. The second-order valence-corrected chi connectivity index (χ2v) is 7.74. The van der Waals surface area contributed by atoms with Crippen LogP contribution < -0.4 is 5.32 Å². The standard InChI is InChI=1S/C17H28N2O4/c1-15(2)16(3)5-6-17(15,23-14(16)21)13(20)18-7-4-8-19-9-11-22-12-10-19/h4-12H2,1-3H3,(H,18,20)/t16-,17-/m0/s1.